The van der Waals surface area contributed by atoms with Gasteiger partial charge in [0.1, 0.15) is 6.04 Å². The molecule has 1 aromatic heterocycles. The summed E-state index contributed by atoms with van der Waals surface area (Å²) < 4.78 is 0. The fourth-order valence-corrected chi connectivity index (χ4v) is 4.32. The fraction of sp³-hybridized carbons (Fsp3) is 0.103. The SMILES string of the molecule is O=C(NC(C/C=C/c1ccc(N(Cc2ccccc2)c2ncccn2)cc1)C(=O)O)c1c(Cl)cccc1Cl.[NaH]. The standard InChI is InChI=1S/C29H24Cl2N4O3.Na.H/c30-23-10-5-11-24(31)26(23)27(36)34-25(28(37)38)12-4-9-20-13-15-22(16-14-20)35(29-32-17-6-18-33-29)19-21-7-2-1-3-8-21;;/h1-11,13-18,25H,12,19H2,(H,34,36)(H,37,38);;/b9-4+;;. The average molecular weight is 571 g/mol. The molecule has 1 heterocycles. The summed E-state index contributed by atoms with van der Waals surface area (Å²) in [6, 6.07) is 23.1. The van der Waals surface area contributed by atoms with Crippen molar-refractivity contribution in [3.63, 3.8) is 0 Å². The number of hydrogen-bond acceptors (Lipinski definition) is 5. The van der Waals surface area contributed by atoms with Crippen LogP contribution in [0.15, 0.2) is 97.3 Å². The molecule has 0 aliphatic rings. The Morgan fingerprint density at radius 3 is 2.15 bits per heavy atom. The van der Waals surface area contributed by atoms with E-state index in [4.69, 9.17) is 23.2 Å². The van der Waals surface area contributed by atoms with Crippen molar-refractivity contribution in [3.8, 4) is 0 Å². The van der Waals surface area contributed by atoms with Gasteiger partial charge in [-0.25, -0.2) is 14.8 Å². The minimum atomic E-state index is -1.17. The number of aliphatic carboxylic acids is 1. The fourth-order valence-electron chi connectivity index (χ4n) is 3.75. The number of anilines is 2. The number of carboxylic acids is 1. The normalized spacial score (nSPS) is 11.4. The summed E-state index contributed by atoms with van der Waals surface area (Å²) in [5, 5.41) is 12.4. The number of aromatic nitrogens is 2. The molecule has 4 aromatic rings. The molecule has 2 N–H and O–H groups in total. The average Bonchev–Trinajstić information content (AvgIpc) is 2.92. The molecule has 0 saturated heterocycles. The van der Waals surface area contributed by atoms with Crippen molar-refractivity contribution < 1.29 is 14.7 Å². The Hall–Kier alpha value is -3.20. The first kappa shape index (κ1) is 30.3. The predicted octanol–water partition coefficient (Wildman–Crippen LogP) is 5.76. The van der Waals surface area contributed by atoms with Crippen LogP contribution in [0.5, 0.6) is 0 Å². The van der Waals surface area contributed by atoms with Gasteiger partial charge in [0.25, 0.3) is 5.91 Å². The summed E-state index contributed by atoms with van der Waals surface area (Å²) in [5.41, 5.74) is 2.93. The molecule has 1 amide bonds. The quantitative estimate of drug-likeness (QED) is 0.235. The molecule has 7 nitrogen and oxygen atoms in total. The van der Waals surface area contributed by atoms with E-state index in [1.54, 1.807) is 36.7 Å². The third kappa shape index (κ3) is 8.39. The number of carbonyl (C=O) groups excluding carboxylic acids is 1. The van der Waals surface area contributed by atoms with Gasteiger partial charge in [0.05, 0.1) is 22.2 Å². The number of halogens is 2. The van der Waals surface area contributed by atoms with Gasteiger partial charge in [-0.1, -0.05) is 83.9 Å². The number of nitrogens with one attached hydrogen (secondary N) is 1. The molecule has 3 aromatic carbocycles. The van der Waals surface area contributed by atoms with Crippen molar-refractivity contribution in [2.24, 2.45) is 0 Å². The summed E-state index contributed by atoms with van der Waals surface area (Å²) in [6.45, 7) is 0.593. The van der Waals surface area contributed by atoms with Crippen molar-refractivity contribution >= 4 is 82.3 Å². The van der Waals surface area contributed by atoms with Crippen molar-refractivity contribution in [1.29, 1.82) is 0 Å². The molecule has 39 heavy (non-hydrogen) atoms. The number of nitrogens with zero attached hydrogens (tertiary/aromatic N) is 3. The van der Waals surface area contributed by atoms with Gasteiger partial charge >= 0.3 is 35.5 Å². The van der Waals surface area contributed by atoms with Crippen LogP contribution in [-0.2, 0) is 11.3 Å². The van der Waals surface area contributed by atoms with E-state index in [0.29, 0.717) is 12.5 Å². The zero-order valence-electron chi connectivity index (χ0n) is 20.2. The van der Waals surface area contributed by atoms with Gasteiger partial charge in [-0.2, -0.15) is 0 Å². The molecule has 0 saturated carbocycles. The van der Waals surface area contributed by atoms with Crippen LogP contribution < -0.4 is 10.2 Å². The maximum absolute atomic E-state index is 12.6. The number of hydrogen-bond donors (Lipinski definition) is 2. The van der Waals surface area contributed by atoms with E-state index in [0.717, 1.165) is 16.8 Å². The molecular weight excluding hydrogens is 546 g/mol. The predicted molar refractivity (Wildman–Crippen MR) is 157 cm³/mol. The molecule has 194 valence electrons. The van der Waals surface area contributed by atoms with Gasteiger partial charge in [-0.15, -0.1) is 0 Å². The number of carboxylic acid groups (broad SMARTS) is 1. The van der Waals surface area contributed by atoms with Gasteiger partial charge in [0, 0.05) is 18.1 Å². The molecular formula is C29H25Cl2N4NaO3. The Kier molecular flexibility index (Phi) is 11.5. The van der Waals surface area contributed by atoms with Gasteiger partial charge in [0.15, 0.2) is 0 Å². The molecule has 0 aliphatic heterocycles. The van der Waals surface area contributed by atoms with Crippen molar-refractivity contribution in [2.45, 2.75) is 19.0 Å². The zero-order valence-corrected chi connectivity index (χ0v) is 21.7. The molecule has 10 heteroatoms. The van der Waals surface area contributed by atoms with Crippen LogP contribution in [0.4, 0.5) is 11.6 Å². The van der Waals surface area contributed by atoms with Gasteiger partial charge in [-0.3, -0.25) is 4.79 Å². The first-order valence-corrected chi connectivity index (χ1v) is 12.5. The van der Waals surface area contributed by atoms with Crippen LogP contribution in [-0.4, -0.2) is 62.6 Å². The molecule has 0 spiro atoms. The first-order valence-electron chi connectivity index (χ1n) is 11.7. The number of rotatable bonds is 10. The summed E-state index contributed by atoms with van der Waals surface area (Å²) in [5.74, 6) is -1.23. The summed E-state index contributed by atoms with van der Waals surface area (Å²) >= 11 is 12.1. The second-order valence-electron chi connectivity index (χ2n) is 8.31. The van der Waals surface area contributed by atoms with Gasteiger partial charge in [0.2, 0.25) is 5.95 Å². The van der Waals surface area contributed by atoms with Crippen LogP contribution >= 0.6 is 23.2 Å². The maximum atomic E-state index is 12.6. The van der Waals surface area contributed by atoms with Crippen LogP contribution in [0.2, 0.25) is 10.0 Å². The van der Waals surface area contributed by atoms with Gasteiger partial charge < -0.3 is 15.3 Å². The second-order valence-corrected chi connectivity index (χ2v) is 9.13. The molecule has 0 aliphatic carbocycles. The van der Waals surface area contributed by atoms with Crippen LogP contribution in [0, 0.1) is 0 Å². The molecule has 0 bridgehead atoms. The third-order valence-corrected chi connectivity index (χ3v) is 6.29. The van der Waals surface area contributed by atoms with Crippen LogP contribution in [0.25, 0.3) is 6.08 Å². The van der Waals surface area contributed by atoms with Crippen molar-refractivity contribution in [1.82, 2.24) is 15.3 Å². The molecule has 4 rings (SSSR count). The number of benzene rings is 3. The van der Waals surface area contributed by atoms with Crippen LogP contribution in [0.3, 0.4) is 0 Å². The summed E-state index contributed by atoms with van der Waals surface area (Å²) in [6.07, 6.45) is 6.98. The van der Waals surface area contributed by atoms with E-state index < -0.39 is 17.9 Å². The van der Waals surface area contributed by atoms with Gasteiger partial charge in [-0.05, 0) is 47.9 Å². The molecule has 1 unspecified atom stereocenters. The second kappa shape index (κ2) is 14.8. The number of carbonyl (C=O) groups is 2. The molecule has 0 fully saturated rings. The van der Waals surface area contributed by atoms with E-state index in [2.05, 4.69) is 15.3 Å². The van der Waals surface area contributed by atoms with E-state index in [9.17, 15) is 14.7 Å². The van der Waals surface area contributed by atoms with E-state index in [1.807, 2.05) is 59.5 Å². The Morgan fingerprint density at radius 1 is 0.897 bits per heavy atom. The van der Waals surface area contributed by atoms with Crippen LogP contribution in [0.1, 0.15) is 27.9 Å². The van der Waals surface area contributed by atoms with E-state index >= 15 is 0 Å². The topological polar surface area (TPSA) is 95.4 Å². The molecule has 0 radical (unpaired) electrons. The molecule has 1 atom stereocenters. The van der Waals surface area contributed by atoms with Crippen molar-refractivity contribution in [2.75, 3.05) is 4.90 Å². The zero-order chi connectivity index (χ0) is 26.9. The summed E-state index contributed by atoms with van der Waals surface area (Å²) in [7, 11) is 0. The Bertz CT molecular complexity index is 1400. The monoisotopic (exact) mass is 570 g/mol. The number of amides is 1. The van der Waals surface area contributed by atoms with E-state index in [-0.39, 0.29) is 51.6 Å². The van der Waals surface area contributed by atoms with E-state index in [1.165, 1.54) is 12.1 Å². The van der Waals surface area contributed by atoms with Crippen molar-refractivity contribution in [3.05, 3.63) is 124 Å². The Morgan fingerprint density at radius 2 is 1.54 bits per heavy atom. The Labute approximate surface area is 258 Å². The summed E-state index contributed by atoms with van der Waals surface area (Å²) in [4.78, 5) is 35.2. The third-order valence-electron chi connectivity index (χ3n) is 5.66. The minimum absolute atomic E-state index is 0. The first-order chi connectivity index (χ1) is 18.4. The Balaban J connectivity index is 0.00000420.